The van der Waals surface area contributed by atoms with Crippen molar-refractivity contribution >= 4 is 5.97 Å². The van der Waals surface area contributed by atoms with Crippen LogP contribution in [0.5, 0.6) is 0 Å². The van der Waals surface area contributed by atoms with Gasteiger partial charge in [-0.3, -0.25) is 4.79 Å². The number of hydrogen-bond acceptors (Lipinski definition) is 3. The van der Waals surface area contributed by atoms with Crippen molar-refractivity contribution in [1.82, 2.24) is 0 Å². The van der Waals surface area contributed by atoms with Crippen LogP contribution in [0, 0.1) is 29.1 Å². The van der Waals surface area contributed by atoms with E-state index in [1.54, 1.807) is 0 Å². The van der Waals surface area contributed by atoms with Crippen LogP contribution in [0.4, 0.5) is 0 Å². The second-order valence-corrected chi connectivity index (χ2v) is 3.60. The second kappa shape index (κ2) is 3.21. The van der Waals surface area contributed by atoms with E-state index >= 15 is 0 Å². The Morgan fingerprint density at radius 3 is 3.00 bits per heavy atom. The number of carbonyl (C=O) groups is 1. The number of ether oxygens (including phenoxy) is 1. The molecule has 0 radical (unpaired) electrons. The summed E-state index contributed by atoms with van der Waals surface area (Å²) in [6.07, 6.45) is 5.95. The number of hydrogen-bond donors (Lipinski definition) is 0. The van der Waals surface area contributed by atoms with Gasteiger partial charge in [-0.2, -0.15) is 5.26 Å². The maximum atomic E-state index is 11.2. The van der Waals surface area contributed by atoms with Gasteiger partial charge < -0.3 is 4.74 Å². The smallest absolute Gasteiger partial charge is 0.323 e. The van der Waals surface area contributed by atoms with Gasteiger partial charge in [-0.05, 0) is 18.8 Å². The van der Waals surface area contributed by atoms with Gasteiger partial charge in [-0.15, -0.1) is 0 Å². The van der Waals surface area contributed by atoms with Crippen LogP contribution in [0.15, 0.2) is 12.2 Å². The number of nitrogens with zero attached hydrogens (tertiary/aromatic N) is 1. The van der Waals surface area contributed by atoms with Crippen LogP contribution in [0.1, 0.15) is 12.8 Å². The van der Waals surface area contributed by atoms with Crippen molar-refractivity contribution in [2.24, 2.45) is 17.8 Å². The highest BCUT2D eigenvalue weighted by atomic mass is 16.5. The molecule has 2 rings (SSSR count). The van der Waals surface area contributed by atoms with Crippen molar-refractivity contribution in [1.29, 1.82) is 5.26 Å². The van der Waals surface area contributed by atoms with E-state index in [4.69, 9.17) is 10.00 Å². The van der Waals surface area contributed by atoms with Crippen molar-refractivity contribution < 1.29 is 9.53 Å². The topological polar surface area (TPSA) is 50.1 Å². The quantitative estimate of drug-likeness (QED) is 0.413. The molecule has 1 aliphatic heterocycles. The summed E-state index contributed by atoms with van der Waals surface area (Å²) < 4.78 is 4.96. The molecule has 0 aromatic heterocycles. The molecule has 3 nitrogen and oxygen atoms in total. The highest BCUT2D eigenvalue weighted by Crippen LogP contribution is 2.35. The lowest BCUT2D eigenvalue weighted by Gasteiger charge is -2.34. The highest BCUT2D eigenvalue weighted by molar-refractivity contribution is 5.76. The Hall–Kier alpha value is -1.30. The highest BCUT2D eigenvalue weighted by Gasteiger charge is 2.40. The zero-order chi connectivity index (χ0) is 9.26. The molecule has 2 aliphatic rings. The molecule has 13 heavy (non-hydrogen) atoms. The van der Waals surface area contributed by atoms with E-state index in [1.807, 2.05) is 6.07 Å². The first-order chi connectivity index (χ1) is 6.33. The molecule has 3 heteroatoms. The fourth-order valence-electron chi connectivity index (χ4n) is 2.09. The lowest BCUT2D eigenvalue weighted by Crippen LogP contribution is -2.39. The first-order valence-corrected chi connectivity index (χ1v) is 4.54. The Balaban J connectivity index is 2.20. The third-order valence-corrected chi connectivity index (χ3v) is 2.88. The zero-order valence-corrected chi connectivity index (χ0v) is 7.27. The standard InChI is InChI=1S/C10H11NO2/c11-5-9-8-4-2-1-3-7(8)6-13-10(9)12/h1-2,7-9H,3-4,6H2/t7-,8-,9+/m1/s1. The minimum atomic E-state index is -0.538. The van der Waals surface area contributed by atoms with Crippen molar-refractivity contribution in [3.05, 3.63) is 12.2 Å². The average molecular weight is 177 g/mol. The molecule has 0 bridgehead atoms. The molecule has 0 spiro atoms. The maximum absolute atomic E-state index is 11.2. The summed E-state index contributed by atoms with van der Waals surface area (Å²) in [6.45, 7) is 0.492. The van der Waals surface area contributed by atoms with E-state index in [1.165, 1.54) is 0 Å². The molecule has 1 aliphatic carbocycles. The van der Waals surface area contributed by atoms with Gasteiger partial charge in [-0.1, -0.05) is 12.2 Å². The maximum Gasteiger partial charge on any atom is 0.323 e. The molecule has 0 unspecified atom stereocenters. The number of allylic oxidation sites excluding steroid dienone is 2. The molecule has 1 fully saturated rings. The first kappa shape index (κ1) is 8.31. The molecule has 0 aromatic carbocycles. The lowest BCUT2D eigenvalue weighted by molar-refractivity contribution is -0.158. The van der Waals surface area contributed by atoms with Gasteiger partial charge in [0.1, 0.15) is 5.92 Å². The fourth-order valence-corrected chi connectivity index (χ4v) is 2.09. The van der Waals surface area contributed by atoms with E-state index in [-0.39, 0.29) is 11.9 Å². The number of rotatable bonds is 0. The van der Waals surface area contributed by atoms with Gasteiger partial charge in [-0.25, -0.2) is 0 Å². The summed E-state index contributed by atoms with van der Waals surface area (Å²) in [5.74, 6) is -0.314. The number of nitriles is 1. The molecule has 1 saturated heterocycles. The third kappa shape index (κ3) is 1.33. The largest absolute Gasteiger partial charge is 0.464 e. The Morgan fingerprint density at radius 1 is 1.46 bits per heavy atom. The predicted octanol–water partition coefficient (Wildman–Crippen LogP) is 1.27. The normalized spacial score (nSPS) is 37.5. The molecular formula is C10H11NO2. The summed E-state index contributed by atoms with van der Waals surface area (Å²) in [4.78, 5) is 11.2. The summed E-state index contributed by atoms with van der Waals surface area (Å²) in [5, 5.41) is 8.83. The molecule has 0 saturated carbocycles. The van der Waals surface area contributed by atoms with Gasteiger partial charge in [0.2, 0.25) is 0 Å². The number of esters is 1. The van der Waals surface area contributed by atoms with Crippen LogP contribution in [-0.4, -0.2) is 12.6 Å². The number of cyclic esters (lactones) is 1. The lowest BCUT2D eigenvalue weighted by atomic mass is 9.74. The molecule has 3 atom stereocenters. The molecule has 0 amide bonds. The van der Waals surface area contributed by atoms with Crippen LogP contribution < -0.4 is 0 Å². The minimum absolute atomic E-state index is 0.191. The summed E-state index contributed by atoms with van der Waals surface area (Å²) >= 11 is 0. The Kier molecular flexibility index (Phi) is 2.05. The van der Waals surface area contributed by atoms with Gasteiger partial charge >= 0.3 is 5.97 Å². The van der Waals surface area contributed by atoms with Gasteiger partial charge in [0, 0.05) is 5.92 Å². The van der Waals surface area contributed by atoms with E-state index in [2.05, 4.69) is 12.2 Å². The number of carbonyl (C=O) groups excluding carboxylic acids is 1. The second-order valence-electron chi connectivity index (χ2n) is 3.60. The summed E-state index contributed by atoms with van der Waals surface area (Å²) in [7, 11) is 0. The van der Waals surface area contributed by atoms with Crippen molar-refractivity contribution in [2.75, 3.05) is 6.61 Å². The van der Waals surface area contributed by atoms with Crippen LogP contribution in [0.3, 0.4) is 0 Å². The predicted molar refractivity (Wildman–Crippen MR) is 45.4 cm³/mol. The number of fused-ring (bicyclic) bond motifs is 1. The van der Waals surface area contributed by atoms with E-state index in [0.717, 1.165) is 12.8 Å². The monoisotopic (exact) mass is 177 g/mol. The summed E-state index contributed by atoms with van der Waals surface area (Å²) in [6, 6.07) is 2.04. The zero-order valence-electron chi connectivity index (χ0n) is 7.27. The van der Waals surface area contributed by atoms with Crippen LogP contribution in [0.2, 0.25) is 0 Å². The van der Waals surface area contributed by atoms with Gasteiger partial charge in [0.15, 0.2) is 0 Å². The van der Waals surface area contributed by atoms with Crippen LogP contribution >= 0.6 is 0 Å². The molecule has 0 aromatic rings. The van der Waals surface area contributed by atoms with Crippen LogP contribution in [-0.2, 0) is 9.53 Å². The van der Waals surface area contributed by atoms with Crippen molar-refractivity contribution in [3.8, 4) is 6.07 Å². The van der Waals surface area contributed by atoms with E-state index < -0.39 is 5.92 Å². The Morgan fingerprint density at radius 2 is 2.23 bits per heavy atom. The Labute approximate surface area is 77.0 Å². The molecule has 0 N–H and O–H groups in total. The van der Waals surface area contributed by atoms with Gasteiger partial charge in [0.25, 0.3) is 0 Å². The van der Waals surface area contributed by atoms with E-state index in [0.29, 0.717) is 12.5 Å². The fraction of sp³-hybridized carbons (Fsp3) is 0.600. The van der Waals surface area contributed by atoms with Crippen molar-refractivity contribution in [2.45, 2.75) is 12.8 Å². The summed E-state index contributed by atoms with van der Waals surface area (Å²) in [5.41, 5.74) is 0. The first-order valence-electron chi connectivity index (χ1n) is 4.54. The molecular weight excluding hydrogens is 166 g/mol. The SMILES string of the molecule is N#C[C@@H]1C(=O)OC[C@H]2CC=CC[C@H]21. The minimum Gasteiger partial charge on any atom is -0.464 e. The molecule has 68 valence electrons. The Bertz CT molecular complexity index is 290. The van der Waals surface area contributed by atoms with Crippen LogP contribution in [0.25, 0.3) is 0 Å². The molecule has 1 heterocycles. The average Bonchev–Trinajstić information content (AvgIpc) is 2.18. The van der Waals surface area contributed by atoms with Crippen molar-refractivity contribution in [3.63, 3.8) is 0 Å². The van der Waals surface area contributed by atoms with Gasteiger partial charge in [0.05, 0.1) is 12.7 Å². The third-order valence-electron chi connectivity index (χ3n) is 2.88. The van der Waals surface area contributed by atoms with E-state index in [9.17, 15) is 4.79 Å².